The molecule has 0 amide bonds. The molecule has 20 heavy (non-hydrogen) atoms. The average molecular weight is 270 g/mol. The van der Waals surface area contributed by atoms with Crippen molar-refractivity contribution in [3.63, 3.8) is 0 Å². The van der Waals surface area contributed by atoms with Gasteiger partial charge < -0.3 is 9.88 Å². The van der Waals surface area contributed by atoms with E-state index in [1.165, 1.54) is 37.1 Å². The van der Waals surface area contributed by atoms with E-state index in [2.05, 4.69) is 29.8 Å². The molecule has 2 fully saturated rings. The van der Waals surface area contributed by atoms with Gasteiger partial charge in [-0.25, -0.2) is 9.97 Å². The van der Waals surface area contributed by atoms with Gasteiger partial charge in [0.05, 0.1) is 0 Å². The lowest BCUT2D eigenvalue weighted by Crippen LogP contribution is -2.30. The standard InChI is InChI=1S/C16H22N4/c1-10-9-11(2)18-16-14(10)19-15(12-3-4-12)20(16)13-5-7-17-8-6-13/h9,12-13,17H,3-8H2,1-2H3. The molecule has 1 aliphatic heterocycles. The van der Waals surface area contributed by atoms with Crippen LogP contribution in [0.25, 0.3) is 11.2 Å². The van der Waals surface area contributed by atoms with Crippen LogP contribution in [-0.2, 0) is 0 Å². The number of fused-ring (bicyclic) bond motifs is 1. The molecule has 0 unspecified atom stereocenters. The summed E-state index contributed by atoms with van der Waals surface area (Å²) in [6.45, 7) is 6.47. The molecular formula is C16H22N4. The molecule has 0 atom stereocenters. The summed E-state index contributed by atoms with van der Waals surface area (Å²) in [5.41, 5.74) is 4.61. The molecular weight excluding hydrogens is 248 g/mol. The van der Waals surface area contributed by atoms with Crippen LogP contribution in [0.15, 0.2) is 6.07 Å². The SMILES string of the molecule is Cc1cc(C)c2nc(C3CC3)n(C3CCNCC3)c2n1. The number of nitrogens with one attached hydrogen (secondary N) is 1. The number of nitrogens with zero attached hydrogens (tertiary/aromatic N) is 3. The van der Waals surface area contributed by atoms with Crippen LogP contribution in [-0.4, -0.2) is 27.6 Å². The summed E-state index contributed by atoms with van der Waals surface area (Å²) in [7, 11) is 0. The maximum atomic E-state index is 4.97. The zero-order valence-electron chi connectivity index (χ0n) is 12.3. The molecule has 1 saturated heterocycles. The molecule has 1 N–H and O–H groups in total. The van der Waals surface area contributed by atoms with Gasteiger partial charge in [-0.1, -0.05) is 0 Å². The number of pyridine rings is 1. The maximum absolute atomic E-state index is 4.97. The maximum Gasteiger partial charge on any atom is 0.160 e. The third-order valence-corrected chi connectivity index (χ3v) is 4.61. The first-order valence-corrected chi connectivity index (χ1v) is 7.81. The Kier molecular flexibility index (Phi) is 2.81. The third-order valence-electron chi connectivity index (χ3n) is 4.61. The van der Waals surface area contributed by atoms with Crippen molar-refractivity contribution >= 4 is 11.2 Å². The van der Waals surface area contributed by atoms with Gasteiger partial charge in [0.2, 0.25) is 0 Å². The van der Waals surface area contributed by atoms with E-state index in [0.717, 1.165) is 29.9 Å². The van der Waals surface area contributed by atoms with Gasteiger partial charge in [0.1, 0.15) is 11.3 Å². The van der Waals surface area contributed by atoms with E-state index >= 15 is 0 Å². The molecule has 3 heterocycles. The van der Waals surface area contributed by atoms with Crippen molar-refractivity contribution in [1.82, 2.24) is 19.9 Å². The molecule has 4 nitrogen and oxygen atoms in total. The van der Waals surface area contributed by atoms with Crippen LogP contribution >= 0.6 is 0 Å². The summed E-state index contributed by atoms with van der Waals surface area (Å²) in [6.07, 6.45) is 4.98. The van der Waals surface area contributed by atoms with Gasteiger partial charge in [-0.3, -0.25) is 0 Å². The average Bonchev–Trinajstić information content (AvgIpc) is 3.21. The predicted octanol–water partition coefficient (Wildman–Crippen LogP) is 2.85. The molecule has 0 bridgehead atoms. The normalized spacial score (nSPS) is 20.7. The van der Waals surface area contributed by atoms with Gasteiger partial charge in [-0.2, -0.15) is 0 Å². The van der Waals surface area contributed by atoms with Gasteiger partial charge >= 0.3 is 0 Å². The number of imidazole rings is 1. The van der Waals surface area contributed by atoms with E-state index in [4.69, 9.17) is 9.97 Å². The van der Waals surface area contributed by atoms with E-state index < -0.39 is 0 Å². The molecule has 0 spiro atoms. The van der Waals surface area contributed by atoms with E-state index in [1.807, 2.05) is 0 Å². The predicted molar refractivity (Wildman–Crippen MR) is 80.1 cm³/mol. The van der Waals surface area contributed by atoms with Crippen molar-refractivity contribution < 1.29 is 0 Å². The Morgan fingerprint density at radius 3 is 2.55 bits per heavy atom. The Labute approximate surface area is 119 Å². The summed E-state index contributed by atoms with van der Waals surface area (Å²) < 4.78 is 2.48. The second kappa shape index (κ2) is 4.55. The Hall–Kier alpha value is -1.42. The summed E-state index contributed by atoms with van der Waals surface area (Å²) in [5.74, 6) is 1.98. The van der Waals surface area contributed by atoms with Crippen molar-refractivity contribution in [3.05, 3.63) is 23.1 Å². The highest BCUT2D eigenvalue weighted by Crippen LogP contribution is 2.42. The fraction of sp³-hybridized carbons (Fsp3) is 0.625. The molecule has 2 aromatic heterocycles. The molecule has 2 aliphatic rings. The highest BCUT2D eigenvalue weighted by atomic mass is 15.2. The highest BCUT2D eigenvalue weighted by Gasteiger charge is 2.33. The van der Waals surface area contributed by atoms with Crippen molar-refractivity contribution in [1.29, 1.82) is 0 Å². The van der Waals surface area contributed by atoms with Crippen molar-refractivity contribution in [2.24, 2.45) is 0 Å². The Morgan fingerprint density at radius 1 is 1.10 bits per heavy atom. The summed E-state index contributed by atoms with van der Waals surface area (Å²) in [4.78, 5) is 9.79. The summed E-state index contributed by atoms with van der Waals surface area (Å²) in [6, 6.07) is 2.73. The van der Waals surface area contributed by atoms with Crippen molar-refractivity contribution in [2.75, 3.05) is 13.1 Å². The highest BCUT2D eigenvalue weighted by molar-refractivity contribution is 5.76. The number of piperidine rings is 1. The van der Waals surface area contributed by atoms with Gasteiger partial charge in [0.25, 0.3) is 0 Å². The number of aromatic nitrogens is 3. The van der Waals surface area contributed by atoms with Crippen LogP contribution in [0, 0.1) is 13.8 Å². The van der Waals surface area contributed by atoms with Crippen LogP contribution in [0.1, 0.15) is 54.7 Å². The second-order valence-corrected chi connectivity index (χ2v) is 6.35. The quantitative estimate of drug-likeness (QED) is 0.912. The summed E-state index contributed by atoms with van der Waals surface area (Å²) >= 11 is 0. The molecule has 106 valence electrons. The minimum absolute atomic E-state index is 0.575. The molecule has 4 rings (SSSR count). The van der Waals surface area contributed by atoms with Crippen molar-refractivity contribution in [2.45, 2.75) is 51.5 Å². The molecule has 0 radical (unpaired) electrons. The lowest BCUT2D eigenvalue weighted by Gasteiger charge is -2.26. The van der Waals surface area contributed by atoms with Gasteiger partial charge in [-0.05, 0) is 64.3 Å². The number of hydrogen-bond donors (Lipinski definition) is 1. The zero-order valence-corrected chi connectivity index (χ0v) is 12.3. The minimum Gasteiger partial charge on any atom is -0.317 e. The fourth-order valence-electron chi connectivity index (χ4n) is 3.45. The Morgan fingerprint density at radius 2 is 1.85 bits per heavy atom. The molecule has 0 aromatic carbocycles. The van der Waals surface area contributed by atoms with Gasteiger partial charge in [0, 0.05) is 17.7 Å². The number of rotatable bonds is 2. The van der Waals surface area contributed by atoms with E-state index in [1.54, 1.807) is 0 Å². The first-order valence-electron chi connectivity index (χ1n) is 7.81. The summed E-state index contributed by atoms with van der Waals surface area (Å²) in [5, 5.41) is 3.46. The van der Waals surface area contributed by atoms with Crippen LogP contribution in [0.4, 0.5) is 0 Å². The molecule has 4 heteroatoms. The Balaban J connectivity index is 1.92. The minimum atomic E-state index is 0.575. The largest absolute Gasteiger partial charge is 0.317 e. The molecule has 1 saturated carbocycles. The van der Waals surface area contributed by atoms with E-state index in [0.29, 0.717) is 12.0 Å². The van der Waals surface area contributed by atoms with Crippen LogP contribution in [0.5, 0.6) is 0 Å². The third kappa shape index (κ3) is 1.94. The molecule has 2 aromatic rings. The first-order chi connectivity index (χ1) is 9.74. The van der Waals surface area contributed by atoms with Gasteiger partial charge in [0.15, 0.2) is 5.65 Å². The second-order valence-electron chi connectivity index (χ2n) is 6.35. The topological polar surface area (TPSA) is 42.7 Å². The monoisotopic (exact) mass is 270 g/mol. The van der Waals surface area contributed by atoms with Crippen LogP contribution in [0.2, 0.25) is 0 Å². The Bertz CT molecular complexity index is 648. The smallest absolute Gasteiger partial charge is 0.160 e. The fourth-order valence-corrected chi connectivity index (χ4v) is 3.45. The number of hydrogen-bond acceptors (Lipinski definition) is 3. The van der Waals surface area contributed by atoms with Crippen LogP contribution < -0.4 is 5.32 Å². The zero-order chi connectivity index (χ0) is 13.7. The lowest BCUT2D eigenvalue weighted by molar-refractivity contribution is 0.365. The van der Waals surface area contributed by atoms with E-state index in [-0.39, 0.29) is 0 Å². The van der Waals surface area contributed by atoms with Gasteiger partial charge in [-0.15, -0.1) is 0 Å². The van der Waals surface area contributed by atoms with E-state index in [9.17, 15) is 0 Å². The van der Waals surface area contributed by atoms with Crippen LogP contribution in [0.3, 0.4) is 0 Å². The lowest BCUT2D eigenvalue weighted by atomic mass is 10.1. The first kappa shape index (κ1) is 12.3. The van der Waals surface area contributed by atoms with Crippen molar-refractivity contribution in [3.8, 4) is 0 Å². The molecule has 1 aliphatic carbocycles. The number of aryl methyl sites for hydroxylation is 2.